The molecule has 2 N–H and O–H groups in total. The Kier molecular flexibility index (Phi) is 5.66. The number of nitrogens with zero attached hydrogens (tertiary/aromatic N) is 2. The monoisotopic (exact) mass is 448 g/mol. The first-order valence-electron chi connectivity index (χ1n) is 8.11. The molecule has 0 fully saturated rings. The Labute approximate surface area is 170 Å². The molecule has 0 aliphatic rings. The molecule has 0 saturated heterocycles. The van der Waals surface area contributed by atoms with Crippen molar-refractivity contribution in [3.63, 3.8) is 0 Å². The summed E-state index contributed by atoms with van der Waals surface area (Å²) in [4.78, 5) is 12.1. The van der Waals surface area contributed by atoms with Crippen LogP contribution in [0.25, 0.3) is 5.69 Å². The van der Waals surface area contributed by atoms with Crippen LogP contribution in [0, 0.1) is 0 Å². The number of anilines is 2. The first-order valence-corrected chi connectivity index (χ1v) is 8.49. The van der Waals surface area contributed by atoms with Crippen molar-refractivity contribution in [2.75, 3.05) is 10.6 Å². The van der Waals surface area contributed by atoms with Crippen molar-refractivity contribution in [3.05, 3.63) is 71.0 Å². The van der Waals surface area contributed by atoms with Crippen LogP contribution in [0.2, 0.25) is 5.02 Å². The van der Waals surface area contributed by atoms with Gasteiger partial charge in [0.05, 0.1) is 23.1 Å². The van der Waals surface area contributed by atoms with Crippen molar-refractivity contribution in [2.24, 2.45) is 0 Å². The van der Waals surface area contributed by atoms with Crippen LogP contribution < -0.4 is 10.6 Å². The number of rotatable bonds is 3. The maximum absolute atomic E-state index is 13.6. The second-order valence-corrected chi connectivity index (χ2v) is 6.38. The molecular formula is C18H11ClF6N4O. The number of benzene rings is 2. The van der Waals surface area contributed by atoms with Gasteiger partial charge >= 0.3 is 18.4 Å². The first kappa shape index (κ1) is 21.5. The van der Waals surface area contributed by atoms with E-state index in [1.54, 1.807) is 0 Å². The molecule has 5 nitrogen and oxygen atoms in total. The topological polar surface area (TPSA) is 59.0 Å². The quantitative estimate of drug-likeness (QED) is 0.468. The Morgan fingerprint density at radius 2 is 1.47 bits per heavy atom. The molecule has 0 spiro atoms. The number of alkyl halides is 6. The lowest BCUT2D eigenvalue weighted by Crippen LogP contribution is -2.22. The summed E-state index contributed by atoms with van der Waals surface area (Å²) in [7, 11) is 0. The third-order valence-corrected chi connectivity index (χ3v) is 4.08. The molecule has 0 radical (unpaired) electrons. The predicted octanol–water partition coefficient (Wildman–Crippen LogP) is 6.21. The summed E-state index contributed by atoms with van der Waals surface area (Å²) < 4.78 is 79.0. The Balaban J connectivity index is 1.82. The highest BCUT2D eigenvalue weighted by Crippen LogP contribution is 2.36. The highest BCUT2D eigenvalue weighted by atomic mass is 35.5. The Bertz CT molecular complexity index is 1040. The van der Waals surface area contributed by atoms with Crippen molar-refractivity contribution in [2.45, 2.75) is 12.4 Å². The van der Waals surface area contributed by atoms with Gasteiger partial charge in [-0.2, -0.15) is 31.4 Å². The summed E-state index contributed by atoms with van der Waals surface area (Å²) >= 11 is 5.74. The normalized spacial score (nSPS) is 12.0. The summed E-state index contributed by atoms with van der Waals surface area (Å²) in [6.07, 6.45) is -8.62. The van der Waals surface area contributed by atoms with E-state index < -0.39 is 35.3 Å². The predicted molar refractivity (Wildman–Crippen MR) is 97.7 cm³/mol. The zero-order valence-electron chi connectivity index (χ0n) is 14.6. The number of carbonyl (C=O) groups is 1. The molecule has 1 aromatic heterocycles. The fourth-order valence-electron chi connectivity index (χ4n) is 2.52. The zero-order chi connectivity index (χ0) is 22.1. The Morgan fingerprint density at radius 1 is 0.867 bits per heavy atom. The van der Waals surface area contributed by atoms with Gasteiger partial charge in [0.1, 0.15) is 0 Å². The number of nitrogens with one attached hydrogen (secondary N) is 2. The summed E-state index contributed by atoms with van der Waals surface area (Å²) in [6.45, 7) is 0. The van der Waals surface area contributed by atoms with Crippen LogP contribution in [0.1, 0.15) is 11.3 Å². The average Bonchev–Trinajstić information content (AvgIpc) is 3.05. The third-order valence-electron chi connectivity index (χ3n) is 3.83. The Morgan fingerprint density at radius 3 is 2.00 bits per heavy atom. The molecule has 3 aromatic rings. The van der Waals surface area contributed by atoms with Crippen LogP contribution in [0.4, 0.5) is 42.5 Å². The maximum atomic E-state index is 13.6. The van der Waals surface area contributed by atoms with E-state index in [-0.39, 0.29) is 11.4 Å². The average molecular weight is 449 g/mol. The molecule has 0 aliphatic carbocycles. The molecule has 158 valence electrons. The van der Waals surface area contributed by atoms with Crippen LogP contribution >= 0.6 is 11.6 Å². The van der Waals surface area contributed by atoms with Gasteiger partial charge in [-0.05, 0) is 48.5 Å². The van der Waals surface area contributed by atoms with E-state index in [0.717, 1.165) is 30.5 Å². The molecule has 2 aromatic carbocycles. The minimum atomic E-state index is -4.87. The van der Waals surface area contributed by atoms with Gasteiger partial charge in [-0.15, -0.1) is 0 Å². The number of aromatic nitrogens is 2. The lowest BCUT2D eigenvalue weighted by molar-refractivity contribution is -0.142. The summed E-state index contributed by atoms with van der Waals surface area (Å²) in [5.41, 5.74) is -2.80. The van der Waals surface area contributed by atoms with Gasteiger partial charge in [0.25, 0.3) is 0 Å². The van der Waals surface area contributed by atoms with Crippen molar-refractivity contribution in [3.8, 4) is 5.69 Å². The summed E-state index contributed by atoms with van der Waals surface area (Å²) in [5, 5.41) is 8.16. The number of halogens is 7. The number of carbonyl (C=O) groups excluding carboxylic acids is 1. The minimum Gasteiger partial charge on any atom is -0.308 e. The molecule has 0 unspecified atom stereocenters. The molecular weight excluding hydrogens is 438 g/mol. The van der Waals surface area contributed by atoms with Crippen molar-refractivity contribution >= 4 is 29.0 Å². The molecule has 1 heterocycles. The zero-order valence-corrected chi connectivity index (χ0v) is 15.4. The van der Waals surface area contributed by atoms with Gasteiger partial charge in [-0.25, -0.2) is 9.48 Å². The number of hydrogen-bond acceptors (Lipinski definition) is 2. The van der Waals surface area contributed by atoms with Gasteiger partial charge < -0.3 is 10.6 Å². The molecule has 0 bridgehead atoms. The lowest BCUT2D eigenvalue weighted by Gasteiger charge is -2.14. The largest absolute Gasteiger partial charge is 0.435 e. The van der Waals surface area contributed by atoms with Gasteiger partial charge in [-0.1, -0.05) is 11.6 Å². The number of amides is 2. The van der Waals surface area contributed by atoms with Crippen LogP contribution in [0.15, 0.2) is 54.7 Å². The van der Waals surface area contributed by atoms with Gasteiger partial charge in [0.15, 0.2) is 5.69 Å². The van der Waals surface area contributed by atoms with E-state index in [1.165, 1.54) is 24.3 Å². The van der Waals surface area contributed by atoms with E-state index in [4.69, 9.17) is 11.6 Å². The molecule has 3 rings (SSSR count). The molecule has 30 heavy (non-hydrogen) atoms. The fraction of sp³-hybridized carbons (Fsp3) is 0.111. The SMILES string of the molecule is O=C(Nc1ccc(C(F)(F)F)cc1)Nc1cnn(-c2ccc(Cl)cc2)c1C(F)(F)F. The van der Waals surface area contributed by atoms with Crippen LogP contribution in [-0.2, 0) is 12.4 Å². The lowest BCUT2D eigenvalue weighted by atomic mass is 10.2. The first-order chi connectivity index (χ1) is 13.9. The van der Waals surface area contributed by atoms with Crippen molar-refractivity contribution < 1.29 is 31.1 Å². The number of hydrogen-bond donors (Lipinski definition) is 2. The molecule has 0 aliphatic heterocycles. The van der Waals surface area contributed by atoms with E-state index in [9.17, 15) is 31.1 Å². The molecule has 2 amide bonds. The summed E-state index contributed by atoms with van der Waals surface area (Å²) in [5.74, 6) is 0. The standard InChI is InChI=1S/C18H11ClF6N4O/c19-11-3-7-13(8-4-11)29-15(18(23,24)25)14(9-26-29)28-16(30)27-12-5-1-10(2-6-12)17(20,21)22/h1-9H,(H2,27,28,30). The van der Waals surface area contributed by atoms with Gasteiger partial charge in [0, 0.05) is 10.7 Å². The van der Waals surface area contributed by atoms with Crippen LogP contribution in [0.3, 0.4) is 0 Å². The van der Waals surface area contributed by atoms with E-state index in [1.807, 2.05) is 5.32 Å². The van der Waals surface area contributed by atoms with Gasteiger partial charge in [0.2, 0.25) is 0 Å². The summed E-state index contributed by atoms with van der Waals surface area (Å²) in [6, 6.07) is 7.72. The second kappa shape index (κ2) is 7.90. The minimum absolute atomic E-state index is 0.0425. The van der Waals surface area contributed by atoms with E-state index in [0.29, 0.717) is 9.70 Å². The van der Waals surface area contributed by atoms with Crippen molar-refractivity contribution in [1.82, 2.24) is 9.78 Å². The maximum Gasteiger partial charge on any atom is 0.435 e. The highest BCUT2D eigenvalue weighted by molar-refractivity contribution is 6.30. The van der Waals surface area contributed by atoms with E-state index in [2.05, 4.69) is 10.4 Å². The van der Waals surface area contributed by atoms with Gasteiger partial charge in [-0.3, -0.25) is 0 Å². The Hall–Kier alpha value is -3.21. The highest BCUT2D eigenvalue weighted by Gasteiger charge is 2.39. The molecule has 0 saturated carbocycles. The van der Waals surface area contributed by atoms with Crippen LogP contribution in [0.5, 0.6) is 0 Å². The van der Waals surface area contributed by atoms with E-state index >= 15 is 0 Å². The smallest absolute Gasteiger partial charge is 0.308 e. The fourth-order valence-corrected chi connectivity index (χ4v) is 2.64. The van der Waals surface area contributed by atoms with Crippen molar-refractivity contribution in [1.29, 1.82) is 0 Å². The second-order valence-electron chi connectivity index (χ2n) is 5.95. The third kappa shape index (κ3) is 4.85. The molecule has 12 heteroatoms. The molecule has 0 atom stereocenters. The van der Waals surface area contributed by atoms with Crippen LogP contribution in [-0.4, -0.2) is 15.8 Å². The number of urea groups is 1.